The van der Waals surface area contributed by atoms with Gasteiger partial charge in [-0.2, -0.15) is 5.10 Å². The van der Waals surface area contributed by atoms with Crippen molar-refractivity contribution in [2.45, 2.75) is 38.5 Å². The molecule has 0 fully saturated rings. The molecule has 2 amide bonds. The second-order valence-electron chi connectivity index (χ2n) is 7.60. The molecule has 0 saturated heterocycles. The number of amides is 2. The lowest BCUT2D eigenvalue weighted by Crippen LogP contribution is -2.39. The van der Waals surface area contributed by atoms with Gasteiger partial charge in [-0.25, -0.2) is 9.78 Å². The molecular formula is C21H25N5O3. The molecule has 2 aromatic heterocycles. The van der Waals surface area contributed by atoms with Crippen LogP contribution < -0.4 is 10.6 Å². The van der Waals surface area contributed by atoms with Crippen molar-refractivity contribution in [3.63, 3.8) is 0 Å². The fourth-order valence-electron chi connectivity index (χ4n) is 3.65. The molecule has 2 bridgehead atoms. The summed E-state index contributed by atoms with van der Waals surface area (Å²) in [5.74, 6) is 0.421. The molecule has 1 aromatic carbocycles. The summed E-state index contributed by atoms with van der Waals surface area (Å²) in [6, 6.07) is 10.7. The Bertz CT molecular complexity index is 1020. The van der Waals surface area contributed by atoms with Gasteiger partial charge in [-0.15, -0.1) is 0 Å². The van der Waals surface area contributed by atoms with Gasteiger partial charge >= 0.3 is 6.03 Å². The van der Waals surface area contributed by atoms with Gasteiger partial charge in [0.2, 0.25) is 0 Å². The van der Waals surface area contributed by atoms with Crippen LogP contribution in [-0.2, 0) is 17.7 Å². The molecule has 8 nitrogen and oxygen atoms in total. The van der Waals surface area contributed by atoms with Crippen LogP contribution in [0.3, 0.4) is 0 Å². The van der Waals surface area contributed by atoms with E-state index in [0.29, 0.717) is 18.1 Å². The minimum atomic E-state index is -1.12. The van der Waals surface area contributed by atoms with E-state index in [4.69, 9.17) is 4.74 Å². The zero-order chi connectivity index (χ0) is 20.4. The van der Waals surface area contributed by atoms with E-state index in [1.165, 1.54) is 0 Å². The number of nitrogens with one attached hydrogen (secondary N) is 2. The number of hydrogen-bond donors (Lipinski definition) is 3. The predicted molar refractivity (Wildman–Crippen MR) is 110 cm³/mol. The van der Waals surface area contributed by atoms with E-state index in [2.05, 4.69) is 20.7 Å². The van der Waals surface area contributed by atoms with E-state index in [9.17, 15) is 9.90 Å². The van der Waals surface area contributed by atoms with Crippen molar-refractivity contribution in [1.82, 2.24) is 20.1 Å². The maximum absolute atomic E-state index is 12.6. The van der Waals surface area contributed by atoms with Gasteiger partial charge in [-0.1, -0.05) is 30.3 Å². The Morgan fingerprint density at radius 3 is 2.90 bits per heavy atom. The highest BCUT2D eigenvalue weighted by atomic mass is 16.5. The van der Waals surface area contributed by atoms with Crippen LogP contribution in [0.2, 0.25) is 0 Å². The van der Waals surface area contributed by atoms with E-state index in [0.717, 1.165) is 16.5 Å². The Morgan fingerprint density at radius 2 is 2.14 bits per heavy atom. The first kappa shape index (κ1) is 19.4. The van der Waals surface area contributed by atoms with Crippen LogP contribution in [0.5, 0.6) is 0 Å². The number of ether oxygens (including phenoxy) is 1. The van der Waals surface area contributed by atoms with Crippen LogP contribution in [0.25, 0.3) is 10.9 Å². The lowest BCUT2D eigenvalue weighted by Gasteiger charge is -2.27. The molecule has 3 heterocycles. The number of aliphatic hydroxyl groups is 1. The first-order chi connectivity index (χ1) is 13.9. The normalized spacial score (nSPS) is 23.0. The molecule has 0 saturated carbocycles. The van der Waals surface area contributed by atoms with Gasteiger partial charge in [0.15, 0.2) is 0 Å². The van der Waals surface area contributed by atoms with Crippen LogP contribution >= 0.6 is 0 Å². The summed E-state index contributed by atoms with van der Waals surface area (Å²) in [7, 11) is 0. The number of nitrogens with zero attached hydrogens (tertiary/aromatic N) is 3. The summed E-state index contributed by atoms with van der Waals surface area (Å²) >= 11 is 0. The number of fused-ring (bicyclic) bond motifs is 4. The molecule has 0 spiro atoms. The van der Waals surface area contributed by atoms with E-state index >= 15 is 0 Å². The van der Waals surface area contributed by atoms with Crippen LogP contribution in [0.4, 0.5) is 10.6 Å². The number of rotatable bonds is 2. The molecule has 152 valence electrons. The van der Waals surface area contributed by atoms with Crippen LogP contribution in [0.1, 0.15) is 31.1 Å². The maximum Gasteiger partial charge on any atom is 0.320 e. The minimum Gasteiger partial charge on any atom is -0.387 e. The Labute approximate surface area is 168 Å². The first-order valence-electron chi connectivity index (χ1n) is 9.73. The van der Waals surface area contributed by atoms with Crippen molar-refractivity contribution in [1.29, 1.82) is 0 Å². The topological polar surface area (TPSA) is 101 Å². The fourth-order valence-corrected chi connectivity index (χ4v) is 3.65. The largest absolute Gasteiger partial charge is 0.387 e. The molecule has 8 heteroatoms. The van der Waals surface area contributed by atoms with Gasteiger partial charge in [0, 0.05) is 18.4 Å². The Hall–Kier alpha value is -2.97. The van der Waals surface area contributed by atoms with Gasteiger partial charge < -0.3 is 15.2 Å². The van der Waals surface area contributed by atoms with Gasteiger partial charge in [0.05, 0.1) is 42.3 Å². The molecule has 0 radical (unpaired) electrons. The van der Waals surface area contributed by atoms with Gasteiger partial charge in [-0.05, 0) is 25.5 Å². The van der Waals surface area contributed by atoms with Crippen LogP contribution in [0.15, 0.2) is 42.6 Å². The van der Waals surface area contributed by atoms with E-state index < -0.39 is 5.60 Å². The second kappa shape index (κ2) is 7.81. The SMILES string of the molecule is CCn1ncc2cc3nc(c21)CC(C)(O)COC[C@H](c1ccccc1)NC(=O)N3. The van der Waals surface area contributed by atoms with Crippen molar-refractivity contribution in [3.05, 3.63) is 53.9 Å². The first-order valence-corrected chi connectivity index (χ1v) is 9.73. The monoisotopic (exact) mass is 395 g/mol. The van der Waals surface area contributed by atoms with Crippen molar-refractivity contribution in [3.8, 4) is 0 Å². The quantitative estimate of drug-likeness (QED) is 0.619. The number of benzene rings is 1. The molecule has 0 aliphatic carbocycles. The average molecular weight is 395 g/mol. The van der Waals surface area contributed by atoms with Gasteiger partial charge in [0.25, 0.3) is 0 Å². The zero-order valence-electron chi connectivity index (χ0n) is 16.6. The Morgan fingerprint density at radius 1 is 1.34 bits per heavy atom. The third-order valence-electron chi connectivity index (χ3n) is 4.98. The number of aryl methyl sites for hydroxylation is 1. The van der Waals surface area contributed by atoms with Gasteiger partial charge in [0.1, 0.15) is 5.82 Å². The molecule has 4 rings (SSSR count). The smallest absolute Gasteiger partial charge is 0.320 e. The third kappa shape index (κ3) is 4.23. The van der Waals surface area contributed by atoms with E-state index in [1.807, 2.05) is 41.9 Å². The molecule has 3 aromatic rings. The summed E-state index contributed by atoms with van der Waals surface area (Å²) in [6.07, 6.45) is 2.03. The maximum atomic E-state index is 12.6. The van der Waals surface area contributed by atoms with Crippen molar-refractivity contribution in [2.75, 3.05) is 18.5 Å². The predicted octanol–water partition coefficient (Wildman–Crippen LogP) is 2.64. The van der Waals surface area contributed by atoms with Crippen LogP contribution in [-0.4, -0.2) is 44.7 Å². The molecule has 29 heavy (non-hydrogen) atoms. The number of hydrogen-bond acceptors (Lipinski definition) is 5. The van der Waals surface area contributed by atoms with Crippen molar-refractivity contribution < 1.29 is 14.6 Å². The summed E-state index contributed by atoms with van der Waals surface area (Å²) in [5, 5.41) is 21.9. The highest BCUT2D eigenvalue weighted by molar-refractivity contribution is 5.92. The highest BCUT2D eigenvalue weighted by Gasteiger charge is 2.27. The molecular weight excluding hydrogens is 370 g/mol. The summed E-state index contributed by atoms with van der Waals surface area (Å²) in [4.78, 5) is 17.2. The fraction of sp³-hybridized carbons (Fsp3) is 0.381. The number of aromatic nitrogens is 3. The van der Waals surface area contributed by atoms with Crippen molar-refractivity contribution in [2.24, 2.45) is 0 Å². The molecule has 1 aliphatic rings. The minimum absolute atomic E-state index is 0.118. The molecule has 1 unspecified atom stereocenters. The van der Waals surface area contributed by atoms with Crippen molar-refractivity contribution >= 4 is 22.8 Å². The summed E-state index contributed by atoms with van der Waals surface area (Å²) in [5.41, 5.74) is 1.34. The second-order valence-corrected chi connectivity index (χ2v) is 7.60. The third-order valence-corrected chi connectivity index (χ3v) is 4.98. The molecule has 2 atom stereocenters. The standard InChI is InChI=1S/C21H25N5O3/c1-3-26-19-15(11-22-26)9-18-23-16(19)10-21(2,28)13-29-12-17(24-20(27)25-18)14-7-5-4-6-8-14/h4-9,11,17,28H,3,10,12-13H2,1-2H3,(H2,23,24,25,27)/t17-,21?/m1/s1. The lowest BCUT2D eigenvalue weighted by atomic mass is 9.99. The molecule has 3 N–H and O–H groups in total. The summed E-state index contributed by atoms with van der Waals surface area (Å²) in [6.45, 7) is 4.78. The average Bonchev–Trinajstić information content (AvgIpc) is 3.10. The number of urea groups is 1. The Balaban J connectivity index is 1.72. The van der Waals surface area contributed by atoms with E-state index in [-0.39, 0.29) is 31.7 Å². The summed E-state index contributed by atoms with van der Waals surface area (Å²) < 4.78 is 7.66. The van der Waals surface area contributed by atoms with Crippen LogP contribution in [0, 0.1) is 0 Å². The zero-order valence-corrected chi connectivity index (χ0v) is 16.6. The highest BCUT2D eigenvalue weighted by Crippen LogP contribution is 2.26. The number of pyridine rings is 1. The molecule has 1 aliphatic heterocycles. The lowest BCUT2D eigenvalue weighted by molar-refractivity contribution is -0.0379. The number of anilines is 1. The Kier molecular flexibility index (Phi) is 5.21. The number of carbonyl (C=O) groups excluding carboxylic acids is 1. The number of carbonyl (C=O) groups is 1. The van der Waals surface area contributed by atoms with Gasteiger partial charge in [-0.3, -0.25) is 10.00 Å². The van der Waals surface area contributed by atoms with E-state index in [1.54, 1.807) is 19.2 Å².